The average molecular weight is 396 g/mol. The minimum absolute atomic E-state index is 0.00550. The summed E-state index contributed by atoms with van der Waals surface area (Å²) in [7, 11) is 1.45. The lowest BCUT2D eigenvalue weighted by atomic mass is 10.0. The molecule has 2 amide bonds. The van der Waals surface area contributed by atoms with Crippen molar-refractivity contribution in [2.75, 3.05) is 13.7 Å². The Hall–Kier alpha value is -3.35. The van der Waals surface area contributed by atoms with E-state index in [4.69, 9.17) is 4.74 Å². The Bertz CT molecular complexity index is 927. The first kappa shape index (κ1) is 20.4. The van der Waals surface area contributed by atoms with E-state index in [0.717, 1.165) is 11.1 Å². The Morgan fingerprint density at radius 2 is 1.76 bits per heavy atom. The molecule has 29 heavy (non-hydrogen) atoms. The van der Waals surface area contributed by atoms with Crippen LogP contribution in [0.15, 0.2) is 48.5 Å². The molecule has 0 saturated carbocycles. The zero-order valence-electron chi connectivity index (χ0n) is 16.4. The molecule has 3 rings (SSSR count). The summed E-state index contributed by atoms with van der Waals surface area (Å²) in [5, 5.41) is 12.4. The molecule has 0 fully saturated rings. The third-order valence-corrected chi connectivity index (χ3v) is 4.90. The van der Waals surface area contributed by atoms with Gasteiger partial charge in [-0.3, -0.25) is 9.59 Å². The SMILES string of the molecule is C[C@H]1COc2cccc(c2)-c2cccc(c2)C(=O)N(C)[C@H](C(=O)O)CCC(=O)N1. The van der Waals surface area contributed by atoms with Crippen LogP contribution in [0.25, 0.3) is 11.1 Å². The molecular weight excluding hydrogens is 372 g/mol. The Morgan fingerprint density at radius 1 is 1.10 bits per heavy atom. The van der Waals surface area contributed by atoms with E-state index in [0.29, 0.717) is 11.3 Å². The fourth-order valence-corrected chi connectivity index (χ4v) is 3.30. The normalized spacial score (nSPS) is 20.6. The van der Waals surface area contributed by atoms with Crippen LogP contribution in [-0.4, -0.2) is 53.5 Å². The van der Waals surface area contributed by atoms with Gasteiger partial charge in [0.25, 0.3) is 5.91 Å². The molecule has 0 spiro atoms. The van der Waals surface area contributed by atoms with E-state index in [2.05, 4.69) is 5.32 Å². The molecule has 0 saturated heterocycles. The second-order valence-electron chi connectivity index (χ2n) is 7.20. The standard InChI is InChI=1S/C22H24N2O5/c1-14-13-29-18-8-4-6-16(12-18)15-5-3-7-17(11-15)21(26)24(2)19(22(27)28)9-10-20(25)23-14/h3-8,11-12,14,19H,9-10,13H2,1-2H3,(H,23,25)(H,27,28)/t14-,19-/m0/s1. The highest BCUT2D eigenvalue weighted by molar-refractivity contribution is 5.97. The minimum atomic E-state index is -1.14. The van der Waals surface area contributed by atoms with E-state index in [-0.39, 0.29) is 31.4 Å². The lowest BCUT2D eigenvalue weighted by Gasteiger charge is -2.25. The van der Waals surface area contributed by atoms with Crippen molar-refractivity contribution in [2.24, 2.45) is 0 Å². The molecule has 1 heterocycles. The van der Waals surface area contributed by atoms with E-state index in [9.17, 15) is 19.5 Å². The van der Waals surface area contributed by atoms with Crippen molar-refractivity contribution in [3.05, 3.63) is 54.1 Å². The number of nitrogens with one attached hydrogen (secondary N) is 1. The number of hydrogen-bond donors (Lipinski definition) is 2. The van der Waals surface area contributed by atoms with Crippen molar-refractivity contribution in [3.8, 4) is 16.9 Å². The number of nitrogens with zero attached hydrogens (tertiary/aromatic N) is 1. The monoisotopic (exact) mass is 396 g/mol. The highest BCUT2D eigenvalue weighted by Gasteiger charge is 2.28. The molecule has 0 radical (unpaired) electrons. The van der Waals surface area contributed by atoms with Crippen LogP contribution in [0.5, 0.6) is 5.75 Å². The van der Waals surface area contributed by atoms with Crippen LogP contribution < -0.4 is 10.1 Å². The minimum Gasteiger partial charge on any atom is -0.491 e. The number of rotatable bonds is 1. The number of hydrogen-bond acceptors (Lipinski definition) is 4. The zero-order chi connectivity index (χ0) is 21.0. The van der Waals surface area contributed by atoms with Crippen LogP contribution in [-0.2, 0) is 9.59 Å². The summed E-state index contributed by atoms with van der Waals surface area (Å²) in [6, 6.07) is 13.2. The predicted molar refractivity (Wildman–Crippen MR) is 108 cm³/mol. The van der Waals surface area contributed by atoms with Crippen LogP contribution >= 0.6 is 0 Å². The van der Waals surface area contributed by atoms with Gasteiger partial charge >= 0.3 is 5.97 Å². The van der Waals surface area contributed by atoms with Crippen molar-refractivity contribution >= 4 is 17.8 Å². The Labute approximate surface area is 169 Å². The van der Waals surface area contributed by atoms with Crippen molar-refractivity contribution in [2.45, 2.75) is 31.8 Å². The van der Waals surface area contributed by atoms with Gasteiger partial charge in [0.15, 0.2) is 0 Å². The topological polar surface area (TPSA) is 95.9 Å². The molecular formula is C22H24N2O5. The van der Waals surface area contributed by atoms with Gasteiger partial charge in [0, 0.05) is 19.0 Å². The van der Waals surface area contributed by atoms with Crippen LogP contribution in [0.1, 0.15) is 30.1 Å². The smallest absolute Gasteiger partial charge is 0.326 e. The fraction of sp³-hybridized carbons (Fsp3) is 0.318. The first-order chi connectivity index (χ1) is 13.8. The summed E-state index contributed by atoms with van der Waals surface area (Å²) in [4.78, 5) is 38.0. The first-order valence-electron chi connectivity index (χ1n) is 9.48. The summed E-state index contributed by atoms with van der Waals surface area (Å²) in [6.45, 7) is 2.11. The van der Waals surface area contributed by atoms with E-state index in [1.807, 2.05) is 37.3 Å². The second-order valence-corrected chi connectivity index (χ2v) is 7.20. The Morgan fingerprint density at radius 3 is 2.48 bits per heavy atom. The van der Waals surface area contributed by atoms with Crippen molar-refractivity contribution < 1.29 is 24.2 Å². The highest BCUT2D eigenvalue weighted by atomic mass is 16.5. The van der Waals surface area contributed by atoms with Gasteiger partial charge < -0.3 is 20.1 Å². The number of likely N-dealkylation sites (N-methyl/N-ethyl adjacent to an activating group) is 1. The molecule has 0 aromatic heterocycles. The van der Waals surface area contributed by atoms with Crippen molar-refractivity contribution in [1.82, 2.24) is 10.2 Å². The third kappa shape index (κ3) is 4.93. The molecule has 2 aromatic rings. The number of fused-ring (bicyclic) bond motifs is 5. The molecule has 2 aromatic carbocycles. The first-order valence-corrected chi connectivity index (χ1v) is 9.48. The number of amides is 2. The molecule has 0 unspecified atom stereocenters. The molecule has 7 heteroatoms. The lowest BCUT2D eigenvalue weighted by Crippen LogP contribution is -2.44. The van der Waals surface area contributed by atoms with Gasteiger partial charge in [-0.15, -0.1) is 0 Å². The van der Waals surface area contributed by atoms with Gasteiger partial charge in [-0.25, -0.2) is 4.79 Å². The molecule has 2 N–H and O–H groups in total. The van der Waals surface area contributed by atoms with Gasteiger partial charge in [-0.05, 0) is 48.7 Å². The van der Waals surface area contributed by atoms with Gasteiger partial charge in [0.1, 0.15) is 18.4 Å². The number of carbonyl (C=O) groups is 3. The van der Waals surface area contributed by atoms with Crippen LogP contribution in [0, 0.1) is 0 Å². The molecule has 1 aliphatic heterocycles. The maximum Gasteiger partial charge on any atom is 0.326 e. The molecule has 2 atom stereocenters. The summed E-state index contributed by atoms with van der Waals surface area (Å²) in [5.74, 6) is -1.17. The summed E-state index contributed by atoms with van der Waals surface area (Å²) >= 11 is 0. The Balaban J connectivity index is 2.00. The summed E-state index contributed by atoms with van der Waals surface area (Å²) < 4.78 is 5.79. The van der Waals surface area contributed by atoms with Crippen LogP contribution in [0.2, 0.25) is 0 Å². The van der Waals surface area contributed by atoms with Gasteiger partial charge in [-0.2, -0.15) is 0 Å². The van der Waals surface area contributed by atoms with Crippen molar-refractivity contribution in [3.63, 3.8) is 0 Å². The number of carboxylic acid groups (broad SMARTS) is 1. The third-order valence-electron chi connectivity index (χ3n) is 4.90. The van der Waals surface area contributed by atoms with Crippen molar-refractivity contribution in [1.29, 1.82) is 0 Å². The quantitative estimate of drug-likeness (QED) is 0.772. The van der Waals surface area contributed by atoms with E-state index in [1.165, 1.54) is 11.9 Å². The number of aliphatic carboxylic acids is 1. The fourth-order valence-electron chi connectivity index (χ4n) is 3.30. The van der Waals surface area contributed by atoms with Crippen LogP contribution in [0.4, 0.5) is 0 Å². The highest BCUT2D eigenvalue weighted by Crippen LogP contribution is 2.25. The maximum absolute atomic E-state index is 12.9. The number of carbonyl (C=O) groups excluding carboxylic acids is 2. The number of carboxylic acids is 1. The summed E-state index contributed by atoms with van der Waals surface area (Å²) in [5.41, 5.74) is 2.08. The largest absolute Gasteiger partial charge is 0.491 e. The van der Waals surface area contributed by atoms with E-state index >= 15 is 0 Å². The predicted octanol–water partition coefficient (Wildman–Crippen LogP) is 2.56. The molecule has 7 nitrogen and oxygen atoms in total. The number of ether oxygens (including phenoxy) is 1. The molecule has 1 aliphatic rings. The van der Waals surface area contributed by atoms with E-state index in [1.54, 1.807) is 18.2 Å². The molecule has 0 aliphatic carbocycles. The van der Waals surface area contributed by atoms with Gasteiger partial charge in [0.2, 0.25) is 5.91 Å². The van der Waals surface area contributed by atoms with E-state index < -0.39 is 17.9 Å². The zero-order valence-corrected chi connectivity index (χ0v) is 16.4. The second kappa shape index (κ2) is 8.77. The lowest BCUT2D eigenvalue weighted by molar-refractivity contribution is -0.142. The molecule has 152 valence electrons. The van der Waals surface area contributed by atoms with Gasteiger partial charge in [0.05, 0.1) is 6.04 Å². The van der Waals surface area contributed by atoms with Gasteiger partial charge in [-0.1, -0.05) is 24.3 Å². The summed E-state index contributed by atoms with van der Waals surface area (Å²) in [6.07, 6.45) is 0.0180. The number of benzene rings is 2. The molecule has 4 bridgehead atoms. The van der Waals surface area contributed by atoms with Crippen LogP contribution in [0.3, 0.4) is 0 Å². The Kier molecular flexibility index (Phi) is 6.16. The maximum atomic E-state index is 12.9. The average Bonchev–Trinajstić information content (AvgIpc) is 2.71.